The molecule has 1 aliphatic rings. The standard InChI is InChI=1S/C20H17F5N2O3/c1-10(26-17(29)19(7-8-19)27-18(30)20(23,24)25)12-6-5-11(9-15(12)22)13-3-2-4-14(21)16(13)28/h2-6,9-10,28H,7-8H2,1H3,(H,26,29)(H,27,30). The summed E-state index contributed by atoms with van der Waals surface area (Å²) in [5.41, 5.74) is -1.36. The average Bonchev–Trinajstić information content (AvgIpc) is 3.43. The fourth-order valence-corrected chi connectivity index (χ4v) is 3.03. The highest BCUT2D eigenvalue weighted by Gasteiger charge is 2.55. The van der Waals surface area contributed by atoms with E-state index >= 15 is 0 Å². The highest BCUT2D eigenvalue weighted by molar-refractivity contribution is 5.95. The minimum Gasteiger partial charge on any atom is -0.504 e. The van der Waals surface area contributed by atoms with Gasteiger partial charge in [0.05, 0.1) is 6.04 Å². The predicted octanol–water partition coefficient (Wildman–Crippen LogP) is 3.73. The third-order valence-electron chi connectivity index (χ3n) is 4.91. The first-order chi connectivity index (χ1) is 13.9. The molecule has 1 fully saturated rings. The summed E-state index contributed by atoms with van der Waals surface area (Å²) in [7, 11) is 0. The van der Waals surface area contributed by atoms with Crippen LogP contribution in [0.3, 0.4) is 0 Å². The lowest BCUT2D eigenvalue weighted by atomic mass is 9.99. The summed E-state index contributed by atoms with van der Waals surface area (Å²) >= 11 is 0. The number of phenols is 1. The molecule has 0 saturated heterocycles. The van der Waals surface area contributed by atoms with Crippen molar-refractivity contribution in [3.8, 4) is 16.9 Å². The van der Waals surface area contributed by atoms with Crippen molar-refractivity contribution in [2.45, 2.75) is 37.5 Å². The van der Waals surface area contributed by atoms with Crippen LogP contribution in [-0.2, 0) is 9.59 Å². The molecular weight excluding hydrogens is 411 g/mol. The molecule has 160 valence electrons. The Kier molecular flexibility index (Phi) is 5.44. The fraction of sp³-hybridized carbons (Fsp3) is 0.300. The normalized spacial score (nSPS) is 15.9. The second-order valence-corrected chi connectivity index (χ2v) is 7.10. The average molecular weight is 428 g/mol. The van der Waals surface area contributed by atoms with Crippen LogP contribution in [0.25, 0.3) is 11.1 Å². The molecule has 1 unspecified atom stereocenters. The van der Waals surface area contributed by atoms with Crippen molar-refractivity contribution in [1.29, 1.82) is 0 Å². The first kappa shape index (κ1) is 21.5. The summed E-state index contributed by atoms with van der Waals surface area (Å²) < 4.78 is 65.5. The van der Waals surface area contributed by atoms with Crippen molar-refractivity contribution in [1.82, 2.24) is 10.6 Å². The number of rotatable bonds is 5. The third-order valence-corrected chi connectivity index (χ3v) is 4.91. The van der Waals surface area contributed by atoms with Crippen LogP contribution < -0.4 is 10.6 Å². The molecule has 2 aromatic rings. The van der Waals surface area contributed by atoms with Gasteiger partial charge in [0.15, 0.2) is 11.6 Å². The maximum Gasteiger partial charge on any atom is 0.471 e. The summed E-state index contributed by atoms with van der Waals surface area (Å²) in [5.74, 6) is -5.34. The Labute approximate surface area is 167 Å². The van der Waals surface area contributed by atoms with Gasteiger partial charge in [0, 0.05) is 11.1 Å². The van der Waals surface area contributed by atoms with Gasteiger partial charge in [0.25, 0.3) is 0 Å². The quantitative estimate of drug-likeness (QED) is 0.636. The second kappa shape index (κ2) is 7.58. The minimum atomic E-state index is -5.12. The van der Waals surface area contributed by atoms with E-state index in [0.717, 1.165) is 12.1 Å². The van der Waals surface area contributed by atoms with Crippen molar-refractivity contribution in [2.75, 3.05) is 0 Å². The highest BCUT2D eigenvalue weighted by atomic mass is 19.4. The topological polar surface area (TPSA) is 78.4 Å². The van der Waals surface area contributed by atoms with Gasteiger partial charge in [-0.15, -0.1) is 0 Å². The van der Waals surface area contributed by atoms with Crippen LogP contribution in [0.15, 0.2) is 36.4 Å². The summed E-state index contributed by atoms with van der Waals surface area (Å²) in [6.45, 7) is 1.43. The monoisotopic (exact) mass is 428 g/mol. The number of phenolic OH excluding ortho intramolecular Hbond substituents is 1. The van der Waals surface area contributed by atoms with Crippen LogP contribution in [0.4, 0.5) is 22.0 Å². The molecule has 2 aromatic carbocycles. The molecule has 0 aliphatic heterocycles. The van der Waals surface area contributed by atoms with Crippen LogP contribution in [-0.4, -0.2) is 28.6 Å². The van der Waals surface area contributed by atoms with Crippen LogP contribution >= 0.6 is 0 Å². The van der Waals surface area contributed by atoms with Crippen LogP contribution in [0.5, 0.6) is 5.75 Å². The van der Waals surface area contributed by atoms with Gasteiger partial charge in [-0.05, 0) is 37.5 Å². The minimum absolute atomic E-state index is 0.0286. The predicted molar refractivity (Wildman–Crippen MR) is 96.2 cm³/mol. The van der Waals surface area contributed by atoms with E-state index in [2.05, 4.69) is 5.32 Å². The number of carbonyl (C=O) groups excluding carboxylic acids is 2. The number of amides is 2. The van der Waals surface area contributed by atoms with Crippen LogP contribution in [0.2, 0.25) is 0 Å². The SMILES string of the molecule is CC(NC(=O)C1(NC(=O)C(F)(F)F)CC1)c1ccc(-c2cccc(F)c2O)cc1F. The summed E-state index contributed by atoms with van der Waals surface area (Å²) in [6, 6.07) is 6.65. The van der Waals surface area contributed by atoms with E-state index in [1.54, 1.807) is 5.32 Å². The van der Waals surface area contributed by atoms with Gasteiger partial charge < -0.3 is 15.7 Å². The van der Waals surface area contributed by atoms with Gasteiger partial charge in [-0.1, -0.05) is 24.3 Å². The third kappa shape index (κ3) is 4.22. The molecule has 5 nitrogen and oxygen atoms in total. The Morgan fingerprint density at radius 2 is 1.77 bits per heavy atom. The van der Waals surface area contributed by atoms with Crippen molar-refractivity contribution in [3.05, 3.63) is 53.6 Å². The van der Waals surface area contributed by atoms with E-state index < -0.39 is 47.0 Å². The van der Waals surface area contributed by atoms with Crippen molar-refractivity contribution < 1.29 is 36.6 Å². The molecule has 3 rings (SSSR count). The lowest BCUT2D eigenvalue weighted by molar-refractivity contribution is -0.175. The first-order valence-corrected chi connectivity index (χ1v) is 8.92. The van der Waals surface area contributed by atoms with Crippen LogP contribution in [0.1, 0.15) is 31.4 Å². The lowest BCUT2D eigenvalue weighted by Crippen LogP contribution is -2.53. The maximum absolute atomic E-state index is 14.6. The molecule has 1 saturated carbocycles. The van der Waals surface area contributed by atoms with Gasteiger partial charge in [-0.3, -0.25) is 9.59 Å². The molecule has 1 atom stereocenters. The molecule has 3 N–H and O–H groups in total. The van der Waals surface area contributed by atoms with Crippen LogP contribution in [0, 0.1) is 11.6 Å². The number of hydrogen-bond acceptors (Lipinski definition) is 3. The molecule has 0 heterocycles. The molecule has 30 heavy (non-hydrogen) atoms. The van der Waals surface area contributed by atoms with Gasteiger partial charge in [-0.25, -0.2) is 8.78 Å². The van der Waals surface area contributed by atoms with E-state index in [0.29, 0.717) is 0 Å². The van der Waals surface area contributed by atoms with E-state index in [-0.39, 0.29) is 29.5 Å². The second-order valence-electron chi connectivity index (χ2n) is 7.10. The summed E-state index contributed by atoms with van der Waals surface area (Å²) in [5, 5.41) is 13.9. The highest BCUT2D eigenvalue weighted by Crippen LogP contribution is 2.38. The maximum atomic E-state index is 14.6. The zero-order valence-corrected chi connectivity index (χ0v) is 15.6. The van der Waals surface area contributed by atoms with Crippen molar-refractivity contribution in [2.24, 2.45) is 0 Å². The molecule has 0 spiro atoms. The molecular formula is C20H17F5N2O3. The summed E-state index contributed by atoms with van der Waals surface area (Å²) in [6.07, 6.45) is -5.05. The van der Waals surface area contributed by atoms with Gasteiger partial charge in [0.2, 0.25) is 5.91 Å². The Bertz CT molecular complexity index is 1000. The first-order valence-electron chi connectivity index (χ1n) is 8.92. The van der Waals surface area contributed by atoms with E-state index in [1.807, 2.05) is 0 Å². The largest absolute Gasteiger partial charge is 0.504 e. The van der Waals surface area contributed by atoms with E-state index in [9.17, 15) is 36.6 Å². The molecule has 0 aromatic heterocycles. The zero-order chi connectivity index (χ0) is 22.3. The Balaban J connectivity index is 1.74. The van der Waals surface area contributed by atoms with E-state index in [4.69, 9.17) is 0 Å². The fourth-order valence-electron chi connectivity index (χ4n) is 3.03. The molecule has 2 amide bonds. The van der Waals surface area contributed by atoms with E-state index in [1.165, 1.54) is 31.2 Å². The van der Waals surface area contributed by atoms with Gasteiger partial charge >= 0.3 is 12.1 Å². The Morgan fingerprint density at radius 3 is 2.33 bits per heavy atom. The number of para-hydroxylation sites is 1. The van der Waals surface area contributed by atoms with Gasteiger partial charge in [0.1, 0.15) is 11.4 Å². The number of carbonyl (C=O) groups is 2. The number of hydrogen-bond donors (Lipinski definition) is 3. The van der Waals surface area contributed by atoms with Gasteiger partial charge in [-0.2, -0.15) is 13.2 Å². The number of halogens is 5. The number of aromatic hydroxyl groups is 1. The summed E-state index contributed by atoms with van der Waals surface area (Å²) in [4.78, 5) is 23.5. The Morgan fingerprint density at radius 1 is 1.10 bits per heavy atom. The molecule has 0 bridgehead atoms. The zero-order valence-electron chi connectivity index (χ0n) is 15.6. The van der Waals surface area contributed by atoms with Crippen molar-refractivity contribution >= 4 is 11.8 Å². The molecule has 10 heteroatoms. The Hall–Kier alpha value is -3.17. The lowest BCUT2D eigenvalue weighted by Gasteiger charge is -2.22. The smallest absolute Gasteiger partial charge is 0.471 e. The molecule has 1 aliphatic carbocycles. The number of alkyl halides is 3. The number of benzene rings is 2. The number of nitrogens with one attached hydrogen (secondary N) is 2. The van der Waals surface area contributed by atoms with Crippen molar-refractivity contribution in [3.63, 3.8) is 0 Å². The molecule has 0 radical (unpaired) electrons.